The zero-order chi connectivity index (χ0) is 33.0. The van der Waals surface area contributed by atoms with Crippen LogP contribution >= 0.6 is 0 Å². The van der Waals surface area contributed by atoms with Gasteiger partial charge in [-0.1, -0.05) is 24.3 Å². The molecule has 0 aliphatic carbocycles. The molecule has 1 aliphatic rings. The fraction of sp³-hybridized carbons (Fsp3) is 0.483. The molecule has 5 unspecified atom stereocenters. The summed E-state index contributed by atoms with van der Waals surface area (Å²) in [5, 5.41) is 26.8. The van der Waals surface area contributed by atoms with Crippen molar-refractivity contribution in [3.63, 3.8) is 0 Å². The van der Waals surface area contributed by atoms with Gasteiger partial charge in [0.1, 0.15) is 47.2 Å². The number of aryl methyl sites for hydroxylation is 1. The standard InChI is InChI=1S/C29H43B4FN4O6/c1-17-6-5-7-24(21(17)14-38(16-40)25(26(41)35-4)28(31,43)27(30,42)15-39)36-29(32,33)22-9-8-20(10-23(22)34)13-37-11-18(2)44-19(3)12-37/h5-10,15-16,18-19,25,36,42-43H,11-14,30-33H2,1-4H3,(H,35,41). The lowest BCUT2D eigenvalue weighted by Gasteiger charge is -2.44. The van der Waals surface area contributed by atoms with E-state index in [1.54, 1.807) is 18.2 Å². The molecule has 15 heteroatoms. The summed E-state index contributed by atoms with van der Waals surface area (Å²) in [4.78, 5) is 40.3. The van der Waals surface area contributed by atoms with Gasteiger partial charge < -0.3 is 35.3 Å². The van der Waals surface area contributed by atoms with Crippen LogP contribution in [0.5, 0.6) is 0 Å². The number of aliphatic hydroxyl groups is 2. The monoisotopic (exact) mass is 606 g/mol. The highest BCUT2D eigenvalue weighted by molar-refractivity contribution is 6.41. The van der Waals surface area contributed by atoms with Crippen molar-refractivity contribution >= 4 is 55.7 Å². The molecule has 2 aromatic rings. The molecule has 234 valence electrons. The molecule has 0 saturated carbocycles. The summed E-state index contributed by atoms with van der Waals surface area (Å²) in [5.41, 5.74) is -1.43. The summed E-state index contributed by atoms with van der Waals surface area (Å²) < 4.78 is 21.5. The van der Waals surface area contributed by atoms with E-state index in [9.17, 15) is 24.6 Å². The lowest BCUT2D eigenvalue weighted by Crippen LogP contribution is -2.70. The normalized spacial score (nSPS) is 20.9. The summed E-state index contributed by atoms with van der Waals surface area (Å²) in [6.45, 7) is 7.90. The Balaban J connectivity index is 1.91. The van der Waals surface area contributed by atoms with Gasteiger partial charge in [0.2, 0.25) is 12.3 Å². The Morgan fingerprint density at radius 1 is 1.16 bits per heavy atom. The first-order chi connectivity index (χ1) is 20.5. The quantitative estimate of drug-likeness (QED) is 0.142. The van der Waals surface area contributed by atoms with Crippen LogP contribution in [0.3, 0.4) is 0 Å². The van der Waals surface area contributed by atoms with E-state index in [1.807, 2.05) is 54.7 Å². The molecule has 0 bridgehead atoms. The van der Waals surface area contributed by atoms with Gasteiger partial charge in [-0.25, -0.2) is 4.39 Å². The van der Waals surface area contributed by atoms with Gasteiger partial charge in [-0.3, -0.25) is 14.5 Å². The molecule has 44 heavy (non-hydrogen) atoms. The van der Waals surface area contributed by atoms with Gasteiger partial charge in [-0.2, -0.15) is 0 Å². The number of hydrogen-bond donors (Lipinski definition) is 4. The molecule has 2 amide bonds. The smallest absolute Gasteiger partial charge is 0.244 e. The third-order valence-electron chi connectivity index (χ3n) is 8.55. The Morgan fingerprint density at radius 3 is 2.34 bits per heavy atom. The number of carbonyl (C=O) groups excluding carboxylic acids is 3. The van der Waals surface area contributed by atoms with Crippen LogP contribution in [0, 0.1) is 12.7 Å². The number of amides is 2. The predicted octanol–water partition coefficient (Wildman–Crippen LogP) is -2.85. The Bertz CT molecular complexity index is 1360. The van der Waals surface area contributed by atoms with E-state index in [2.05, 4.69) is 15.5 Å². The van der Waals surface area contributed by atoms with Crippen LogP contribution in [0.15, 0.2) is 36.4 Å². The van der Waals surface area contributed by atoms with Crippen molar-refractivity contribution in [1.82, 2.24) is 15.1 Å². The van der Waals surface area contributed by atoms with Crippen molar-refractivity contribution in [1.29, 1.82) is 0 Å². The number of morpholine rings is 1. The van der Waals surface area contributed by atoms with E-state index in [0.717, 1.165) is 44.8 Å². The van der Waals surface area contributed by atoms with Crippen molar-refractivity contribution in [2.24, 2.45) is 0 Å². The lowest BCUT2D eigenvalue weighted by molar-refractivity contribution is -0.153. The van der Waals surface area contributed by atoms with Gasteiger partial charge >= 0.3 is 0 Å². The average molecular weight is 606 g/mol. The molecule has 10 nitrogen and oxygen atoms in total. The Hall–Kier alpha value is -3.12. The van der Waals surface area contributed by atoms with Gasteiger partial charge in [0, 0.05) is 44.3 Å². The van der Waals surface area contributed by atoms with Crippen molar-refractivity contribution < 1.29 is 33.7 Å². The minimum Gasteiger partial charge on any atom is -0.394 e. The molecule has 3 rings (SSSR count). The summed E-state index contributed by atoms with van der Waals surface area (Å²) in [5.74, 6) is -1.12. The zero-order valence-electron chi connectivity index (χ0n) is 27.0. The predicted molar refractivity (Wildman–Crippen MR) is 178 cm³/mol. The maximum Gasteiger partial charge on any atom is 0.244 e. The number of aldehydes is 1. The Morgan fingerprint density at radius 2 is 1.80 bits per heavy atom. The summed E-state index contributed by atoms with van der Waals surface area (Å²) in [6, 6.07) is 9.07. The molecule has 1 saturated heterocycles. The van der Waals surface area contributed by atoms with Crippen LogP contribution in [-0.4, -0.2) is 119 Å². The Kier molecular flexibility index (Phi) is 11.2. The van der Waals surface area contributed by atoms with E-state index >= 15 is 4.39 Å². The molecule has 2 aromatic carbocycles. The van der Waals surface area contributed by atoms with Crippen molar-refractivity contribution in [2.75, 3.05) is 25.5 Å². The fourth-order valence-corrected chi connectivity index (χ4v) is 5.90. The molecule has 5 atom stereocenters. The van der Waals surface area contributed by atoms with Crippen LogP contribution in [0.25, 0.3) is 0 Å². The van der Waals surface area contributed by atoms with E-state index in [1.165, 1.54) is 7.05 Å². The number of benzene rings is 2. The number of rotatable bonds is 13. The van der Waals surface area contributed by atoms with E-state index in [0.29, 0.717) is 29.8 Å². The second-order valence-corrected chi connectivity index (χ2v) is 12.8. The SMILES string of the molecule is BC(B)(Nc1cccc(C)c1CN(C=O)C(C(=O)NC)C(B)(O)C(B)(O)C=O)c1ccc(CN2CC(C)OC(C)C2)cc1F. The molecule has 1 fully saturated rings. The second-order valence-electron chi connectivity index (χ2n) is 12.8. The number of anilines is 1. The summed E-state index contributed by atoms with van der Waals surface area (Å²) >= 11 is 0. The maximum absolute atomic E-state index is 15.6. The number of ether oxygens (including phenoxy) is 1. The topological polar surface area (TPSA) is 131 Å². The minimum absolute atomic E-state index is 0.112. The van der Waals surface area contributed by atoms with E-state index in [-0.39, 0.29) is 30.9 Å². The van der Waals surface area contributed by atoms with Gasteiger partial charge in [0.05, 0.1) is 17.7 Å². The van der Waals surface area contributed by atoms with Gasteiger partial charge in [0.15, 0.2) is 7.85 Å². The van der Waals surface area contributed by atoms with Crippen molar-refractivity contribution in [2.45, 2.75) is 68.4 Å². The first-order valence-electron chi connectivity index (χ1n) is 14.8. The fourth-order valence-electron chi connectivity index (χ4n) is 5.90. The molecule has 1 aliphatic heterocycles. The highest BCUT2D eigenvalue weighted by atomic mass is 19.1. The number of carbonyl (C=O) groups is 3. The summed E-state index contributed by atoms with van der Waals surface area (Å²) in [7, 11) is 7.22. The number of nitrogens with zero attached hydrogens (tertiary/aromatic N) is 2. The number of hydrogen-bond acceptors (Lipinski definition) is 8. The van der Waals surface area contributed by atoms with Crippen LogP contribution in [0.1, 0.15) is 36.1 Å². The van der Waals surface area contributed by atoms with Crippen LogP contribution in [-0.2, 0) is 37.5 Å². The van der Waals surface area contributed by atoms with Crippen LogP contribution in [0.2, 0.25) is 0 Å². The number of nitrogens with one attached hydrogen (secondary N) is 2. The molecular weight excluding hydrogens is 563 g/mol. The van der Waals surface area contributed by atoms with Crippen molar-refractivity contribution in [3.8, 4) is 0 Å². The van der Waals surface area contributed by atoms with Gasteiger partial charge in [-0.15, -0.1) is 0 Å². The summed E-state index contributed by atoms with van der Waals surface area (Å²) in [6.07, 6.45) is 0.753. The molecule has 0 spiro atoms. The van der Waals surface area contributed by atoms with Crippen LogP contribution in [0.4, 0.5) is 10.1 Å². The Labute approximate surface area is 262 Å². The average Bonchev–Trinajstić information content (AvgIpc) is 2.92. The third-order valence-corrected chi connectivity index (χ3v) is 8.55. The largest absolute Gasteiger partial charge is 0.394 e. The minimum atomic E-state index is -2.35. The highest BCUT2D eigenvalue weighted by Crippen LogP contribution is 2.31. The first kappa shape index (κ1) is 35.4. The molecular formula is C29H43B4FN4O6. The highest BCUT2D eigenvalue weighted by Gasteiger charge is 2.52. The molecule has 4 N–H and O–H groups in total. The van der Waals surface area contributed by atoms with Gasteiger partial charge in [0.25, 0.3) is 0 Å². The lowest BCUT2D eigenvalue weighted by atomic mass is 9.55. The number of halogens is 1. The molecule has 0 radical (unpaired) electrons. The van der Waals surface area contributed by atoms with Gasteiger partial charge in [-0.05, 0) is 55.2 Å². The van der Waals surface area contributed by atoms with E-state index < -0.39 is 28.3 Å². The van der Waals surface area contributed by atoms with Crippen molar-refractivity contribution in [3.05, 3.63) is 64.5 Å². The first-order valence-corrected chi connectivity index (χ1v) is 14.8. The number of likely N-dealkylation sites (N-methyl/N-ethyl adjacent to an activating group) is 1. The molecule has 0 aromatic heterocycles. The van der Waals surface area contributed by atoms with E-state index in [4.69, 9.17) is 4.74 Å². The third kappa shape index (κ3) is 7.74. The second kappa shape index (κ2) is 13.9. The maximum atomic E-state index is 15.6. The molecule has 1 heterocycles. The zero-order valence-corrected chi connectivity index (χ0v) is 27.0. The van der Waals surface area contributed by atoms with Crippen LogP contribution < -0.4 is 10.6 Å².